The lowest BCUT2D eigenvalue weighted by Crippen LogP contribution is -2.51. The van der Waals surface area contributed by atoms with Gasteiger partial charge in [-0.3, -0.25) is 9.59 Å². The van der Waals surface area contributed by atoms with Crippen molar-refractivity contribution < 1.29 is 29.0 Å². The average Bonchev–Trinajstić information content (AvgIpc) is 2.79. The highest BCUT2D eigenvalue weighted by Gasteiger charge is 2.29. The fourth-order valence-corrected chi connectivity index (χ4v) is 3.67. The molecule has 0 fully saturated rings. The molecule has 200 valence electrons. The molecule has 1 heterocycles. The molecule has 0 radical (unpaired) electrons. The molecule has 10 nitrogen and oxygen atoms in total. The number of benzene rings is 1. The van der Waals surface area contributed by atoms with Gasteiger partial charge >= 0.3 is 6.09 Å². The van der Waals surface area contributed by atoms with Gasteiger partial charge in [-0.2, -0.15) is 0 Å². The van der Waals surface area contributed by atoms with Crippen LogP contribution in [0.15, 0.2) is 36.5 Å². The maximum atomic E-state index is 12.4. The molecule has 3 atom stereocenters. The van der Waals surface area contributed by atoms with Gasteiger partial charge in [0, 0.05) is 38.2 Å². The number of aryl methyl sites for hydroxylation is 1. The summed E-state index contributed by atoms with van der Waals surface area (Å²) in [6.45, 7) is 8.24. The number of aliphatic hydroxyl groups is 1. The number of carbonyl (C=O) groups excluding carboxylic acids is 3. The first kappa shape index (κ1) is 29.1. The number of carbonyl (C=O) groups is 3. The summed E-state index contributed by atoms with van der Waals surface area (Å²) >= 11 is 0. The van der Waals surface area contributed by atoms with Crippen LogP contribution < -0.4 is 21.3 Å². The van der Waals surface area contributed by atoms with Crippen LogP contribution in [0, 0.1) is 5.92 Å². The molecule has 0 saturated heterocycles. The fourth-order valence-electron chi connectivity index (χ4n) is 3.67. The first-order valence-corrected chi connectivity index (χ1v) is 12.4. The van der Waals surface area contributed by atoms with E-state index in [4.69, 9.17) is 9.47 Å². The molecule has 0 saturated carbocycles. The zero-order valence-electron chi connectivity index (χ0n) is 21.6. The Labute approximate surface area is 213 Å². The summed E-state index contributed by atoms with van der Waals surface area (Å²) in [5.41, 5.74) is 1.13. The summed E-state index contributed by atoms with van der Waals surface area (Å²) in [5, 5.41) is 21.6. The van der Waals surface area contributed by atoms with Crippen LogP contribution in [0.5, 0.6) is 0 Å². The summed E-state index contributed by atoms with van der Waals surface area (Å²) in [4.78, 5) is 36.1. The normalized spacial score (nSPS) is 18.0. The van der Waals surface area contributed by atoms with Gasteiger partial charge in [-0.15, -0.1) is 0 Å². The van der Waals surface area contributed by atoms with E-state index in [1.807, 2.05) is 37.3 Å². The highest BCUT2D eigenvalue weighted by molar-refractivity contribution is 5.91. The van der Waals surface area contributed by atoms with Gasteiger partial charge in [0.15, 0.2) is 6.29 Å². The van der Waals surface area contributed by atoms with E-state index in [1.165, 1.54) is 0 Å². The molecule has 1 aromatic rings. The molecule has 1 aromatic carbocycles. The number of ether oxygens (including phenoxy) is 2. The molecule has 5 N–H and O–H groups in total. The monoisotopic (exact) mass is 504 g/mol. The third kappa shape index (κ3) is 11.1. The van der Waals surface area contributed by atoms with Crippen molar-refractivity contribution >= 4 is 23.6 Å². The third-order valence-corrected chi connectivity index (χ3v) is 5.38. The Morgan fingerprint density at radius 3 is 2.53 bits per heavy atom. The highest BCUT2D eigenvalue weighted by Crippen LogP contribution is 2.17. The van der Waals surface area contributed by atoms with Crippen molar-refractivity contribution in [1.82, 2.24) is 16.0 Å². The average molecular weight is 505 g/mol. The molecule has 2 rings (SSSR count). The van der Waals surface area contributed by atoms with Crippen LogP contribution in [0.25, 0.3) is 0 Å². The zero-order valence-corrected chi connectivity index (χ0v) is 21.6. The topological polar surface area (TPSA) is 138 Å². The second-order valence-corrected chi connectivity index (χ2v) is 9.64. The molecular formula is C26H40N4O6. The number of amides is 3. The minimum absolute atomic E-state index is 0.0744. The molecule has 10 heteroatoms. The second kappa shape index (κ2) is 14.4. The van der Waals surface area contributed by atoms with Crippen molar-refractivity contribution in [2.75, 3.05) is 25.0 Å². The SMILES string of the molecule is CCO[C@@H](O)[C@@H]1C=CNCC1NC(=O)CCCc1ccc(NC(=O)CCNC(=O)OC(C)(C)C)cc1. The van der Waals surface area contributed by atoms with E-state index < -0.39 is 18.0 Å². The van der Waals surface area contributed by atoms with Gasteiger partial charge in [0.25, 0.3) is 0 Å². The van der Waals surface area contributed by atoms with E-state index in [0.717, 1.165) is 12.0 Å². The summed E-state index contributed by atoms with van der Waals surface area (Å²) in [6, 6.07) is 7.21. The lowest BCUT2D eigenvalue weighted by atomic mass is 9.96. The number of alkyl carbamates (subject to hydrolysis) is 1. The van der Waals surface area contributed by atoms with Crippen LogP contribution in [0.1, 0.15) is 52.5 Å². The quantitative estimate of drug-likeness (QED) is 0.276. The highest BCUT2D eigenvalue weighted by atomic mass is 16.6. The van der Waals surface area contributed by atoms with Gasteiger partial charge in [-0.1, -0.05) is 18.2 Å². The van der Waals surface area contributed by atoms with Crippen molar-refractivity contribution in [3.63, 3.8) is 0 Å². The number of hydrogen-bond acceptors (Lipinski definition) is 7. The maximum Gasteiger partial charge on any atom is 0.407 e. The van der Waals surface area contributed by atoms with E-state index in [1.54, 1.807) is 27.0 Å². The van der Waals surface area contributed by atoms with Crippen LogP contribution in [0.4, 0.5) is 10.5 Å². The van der Waals surface area contributed by atoms with Gasteiger partial charge in [0.1, 0.15) is 5.60 Å². The van der Waals surface area contributed by atoms with E-state index in [2.05, 4.69) is 21.3 Å². The van der Waals surface area contributed by atoms with Gasteiger partial charge in [-0.05, 0) is 64.4 Å². The van der Waals surface area contributed by atoms with Crippen molar-refractivity contribution in [3.05, 3.63) is 42.1 Å². The van der Waals surface area contributed by atoms with Crippen LogP contribution >= 0.6 is 0 Å². The second-order valence-electron chi connectivity index (χ2n) is 9.64. The molecule has 36 heavy (non-hydrogen) atoms. The summed E-state index contributed by atoms with van der Waals surface area (Å²) in [7, 11) is 0. The number of anilines is 1. The fraction of sp³-hybridized carbons (Fsp3) is 0.577. The molecule has 0 aliphatic carbocycles. The minimum Gasteiger partial charge on any atom is -0.444 e. The summed E-state index contributed by atoms with van der Waals surface area (Å²) in [6.07, 6.45) is 3.95. The van der Waals surface area contributed by atoms with E-state index >= 15 is 0 Å². The Balaban J connectivity index is 1.68. The Kier molecular flexibility index (Phi) is 11.7. The predicted octanol–water partition coefficient (Wildman–Crippen LogP) is 2.44. The van der Waals surface area contributed by atoms with E-state index in [-0.39, 0.29) is 36.7 Å². The van der Waals surface area contributed by atoms with Gasteiger partial charge < -0.3 is 35.8 Å². The molecule has 0 spiro atoms. The van der Waals surface area contributed by atoms with Gasteiger partial charge in [0.05, 0.1) is 12.0 Å². The molecule has 1 aliphatic rings. The largest absolute Gasteiger partial charge is 0.444 e. The molecule has 1 unspecified atom stereocenters. The maximum absolute atomic E-state index is 12.4. The number of aliphatic hydroxyl groups excluding tert-OH is 1. The lowest BCUT2D eigenvalue weighted by Gasteiger charge is -2.32. The molecule has 0 bridgehead atoms. The molecule has 3 amide bonds. The third-order valence-electron chi connectivity index (χ3n) is 5.38. The van der Waals surface area contributed by atoms with Crippen molar-refractivity contribution in [2.45, 2.75) is 71.3 Å². The van der Waals surface area contributed by atoms with Gasteiger partial charge in [0.2, 0.25) is 11.8 Å². The molecule has 1 aliphatic heterocycles. The van der Waals surface area contributed by atoms with Crippen molar-refractivity contribution in [1.29, 1.82) is 0 Å². The molecular weight excluding hydrogens is 464 g/mol. The Morgan fingerprint density at radius 1 is 1.14 bits per heavy atom. The number of rotatable bonds is 12. The van der Waals surface area contributed by atoms with E-state index in [9.17, 15) is 19.5 Å². The summed E-state index contributed by atoms with van der Waals surface area (Å²) in [5.74, 6) is -0.587. The standard InChI is InChI=1S/C26H40N4O6/c1-5-35-24(33)20-13-15-27-17-21(20)30-22(31)8-6-7-18-9-11-19(12-10-18)29-23(32)14-16-28-25(34)36-26(2,3)4/h9-13,15,20-21,24,27,33H,5-8,14,16-17H2,1-4H3,(H,28,34)(H,29,32)(H,30,31)/t20-,21?,24-/m1/s1. The Hall–Kier alpha value is -3.11. The van der Waals surface area contributed by atoms with Crippen LogP contribution in [0.3, 0.4) is 0 Å². The van der Waals surface area contributed by atoms with Crippen molar-refractivity contribution in [3.8, 4) is 0 Å². The first-order chi connectivity index (χ1) is 17.1. The minimum atomic E-state index is -0.959. The smallest absolute Gasteiger partial charge is 0.407 e. The first-order valence-electron chi connectivity index (χ1n) is 12.4. The zero-order chi connectivity index (χ0) is 26.6. The molecule has 0 aromatic heterocycles. The van der Waals surface area contributed by atoms with Crippen LogP contribution in [-0.4, -0.2) is 60.6 Å². The van der Waals surface area contributed by atoms with E-state index in [0.29, 0.717) is 31.7 Å². The van der Waals surface area contributed by atoms with Gasteiger partial charge in [-0.25, -0.2) is 4.79 Å². The predicted molar refractivity (Wildman–Crippen MR) is 137 cm³/mol. The number of hydrogen-bond donors (Lipinski definition) is 5. The summed E-state index contributed by atoms with van der Waals surface area (Å²) < 4.78 is 10.4. The van der Waals surface area contributed by atoms with Crippen molar-refractivity contribution in [2.24, 2.45) is 5.92 Å². The van der Waals surface area contributed by atoms with Crippen LogP contribution in [0.2, 0.25) is 0 Å². The Bertz CT molecular complexity index is 881. The number of nitrogens with one attached hydrogen (secondary N) is 4. The lowest BCUT2D eigenvalue weighted by molar-refractivity contribution is -0.133. The van der Waals surface area contributed by atoms with Crippen LogP contribution in [-0.2, 0) is 25.5 Å². The Morgan fingerprint density at radius 2 is 1.86 bits per heavy atom.